The van der Waals surface area contributed by atoms with Gasteiger partial charge in [0.1, 0.15) is 5.75 Å². The molecule has 0 saturated carbocycles. The van der Waals surface area contributed by atoms with Gasteiger partial charge in [-0.05, 0) is 48.4 Å². The Kier molecular flexibility index (Phi) is 8.83. The molecule has 144 valence electrons. The smallest absolute Gasteiger partial charge is 0.269 e. The van der Waals surface area contributed by atoms with Crippen molar-refractivity contribution in [2.24, 2.45) is 5.10 Å². The van der Waals surface area contributed by atoms with E-state index in [4.69, 9.17) is 4.74 Å². The van der Waals surface area contributed by atoms with Gasteiger partial charge in [-0.15, -0.1) is 0 Å². The molecule has 6 nitrogen and oxygen atoms in total. The first-order valence-electron chi connectivity index (χ1n) is 9.45. The van der Waals surface area contributed by atoms with Gasteiger partial charge in [0.15, 0.2) is 0 Å². The van der Waals surface area contributed by atoms with Crippen molar-refractivity contribution >= 4 is 17.6 Å². The monoisotopic (exact) mass is 369 g/mol. The average molecular weight is 369 g/mol. The summed E-state index contributed by atoms with van der Waals surface area (Å²) in [6, 6.07) is 13.9. The molecular weight excluding hydrogens is 342 g/mol. The second-order valence-corrected chi connectivity index (χ2v) is 6.36. The number of nitro benzene ring substituents is 1. The van der Waals surface area contributed by atoms with Crippen molar-refractivity contribution in [3.8, 4) is 5.75 Å². The molecular formula is C21H27N3O3. The van der Waals surface area contributed by atoms with Crippen molar-refractivity contribution < 1.29 is 9.66 Å². The van der Waals surface area contributed by atoms with E-state index < -0.39 is 4.92 Å². The SMILES string of the molecule is CCCCCCCCOc1ccc(C=NNc2ccc([N+](=O)[O-])cc2)cc1. The number of anilines is 1. The van der Waals surface area contributed by atoms with Crippen molar-refractivity contribution in [3.05, 3.63) is 64.2 Å². The topological polar surface area (TPSA) is 76.8 Å². The molecule has 1 N–H and O–H groups in total. The Morgan fingerprint density at radius 3 is 2.33 bits per heavy atom. The highest BCUT2D eigenvalue weighted by atomic mass is 16.6. The zero-order chi connectivity index (χ0) is 19.3. The van der Waals surface area contributed by atoms with Gasteiger partial charge in [0.05, 0.1) is 23.4 Å². The molecule has 27 heavy (non-hydrogen) atoms. The molecule has 0 fully saturated rings. The molecule has 0 aliphatic carbocycles. The van der Waals surface area contributed by atoms with Gasteiger partial charge in [0.25, 0.3) is 5.69 Å². The maximum absolute atomic E-state index is 10.6. The van der Waals surface area contributed by atoms with E-state index in [1.807, 2.05) is 24.3 Å². The van der Waals surface area contributed by atoms with Crippen molar-refractivity contribution in [3.63, 3.8) is 0 Å². The summed E-state index contributed by atoms with van der Waals surface area (Å²) in [6.45, 7) is 2.98. The lowest BCUT2D eigenvalue weighted by Gasteiger charge is -2.06. The normalized spacial score (nSPS) is 10.9. The van der Waals surface area contributed by atoms with Gasteiger partial charge < -0.3 is 4.74 Å². The van der Waals surface area contributed by atoms with E-state index in [0.29, 0.717) is 5.69 Å². The third kappa shape index (κ3) is 7.90. The Hall–Kier alpha value is -2.89. The Morgan fingerprint density at radius 2 is 1.67 bits per heavy atom. The fourth-order valence-corrected chi connectivity index (χ4v) is 2.56. The number of benzene rings is 2. The number of nitrogens with one attached hydrogen (secondary N) is 1. The minimum atomic E-state index is -0.427. The standard InChI is InChI=1S/C21H27N3O3/c1-2-3-4-5-6-7-16-27-21-14-8-18(9-15-21)17-22-23-19-10-12-20(13-11-19)24(25)26/h8-15,17,23H,2-7,16H2,1H3. The van der Waals surface area contributed by atoms with E-state index in [-0.39, 0.29) is 5.69 Å². The third-order valence-corrected chi connectivity index (χ3v) is 4.13. The zero-order valence-corrected chi connectivity index (χ0v) is 15.8. The van der Waals surface area contributed by atoms with Gasteiger partial charge >= 0.3 is 0 Å². The van der Waals surface area contributed by atoms with Gasteiger partial charge in [-0.1, -0.05) is 39.0 Å². The van der Waals surface area contributed by atoms with E-state index >= 15 is 0 Å². The van der Waals surface area contributed by atoms with Gasteiger partial charge in [-0.2, -0.15) is 5.10 Å². The summed E-state index contributed by atoms with van der Waals surface area (Å²) in [5.41, 5.74) is 4.54. The number of ether oxygens (including phenoxy) is 1. The van der Waals surface area contributed by atoms with Gasteiger partial charge in [-0.25, -0.2) is 0 Å². The number of nitrogens with zero attached hydrogens (tertiary/aromatic N) is 2. The second-order valence-electron chi connectivity index (χ2n) is 6.36. The van der Waals surface area contributed by atoms with Crippen molar-refractivity contribution in [2.75, 3.05) is 12.0 Å². The molecule has 2 rings (SSSR count). The maximum atomic E-state index is 10.6. The van der Waals surface area contributed by atoms with Gasteiger partial charge in [0.2, 0.25) is 0 Å². The van der Waals surface area contributed by atoms with Crippen molar-refractivity contribution in [2.45, 2.75) is 45.4 Å². The summed E-state index contributed by atoms with van der Waals surface area (Å²) in [6.07, 6.45) is 9.20. The lowest BCUT2D eigenvalue weighted by atomic mass is 10.1. The van der Waals surface area contributed by atoms with Crippen LogP contribution in [-0.4, -0.2) is 17.7 Å². The van der Waals surface area contributed by atoms with Crippen molar-refractivity contribution in [1.82, 2.24) is 0 Å². The first-order chi connectivity index (χ1) is 13.2. The number of non-ortho nitro benzene ring substituents is 1. The van der Waals surface area contributed by atoms with Crippen LogP contribution < -0.4 is 10.2 Å². The molecule has 2 aromatic carbocycles. The summed E-state index contributed by atoms with van der Waals surface area (Å²) in [7, 11) is 0. The predicted molar refractivity (Wildman–Crippen MR) is 110 cm³/mol. The number of hydrogen-bond donors (Lipinski definition) is 1. The number of hydrazone groups is 1. The van der Waals surface area contributed by atoms with Crippen LogP contribution in [0.5, 0.6) is 5.75 Å². The maximum Gasteiger partial charge on any atom is 0.269 e. The van der Waals surface area contributed by atoms with E-state index in [1.165, 1.54) is 44.2 Å². The second kappa shape index (κ2) is 11.7. The summed E-state index contributed by atoms with van der Waals surface area (Å²) < 4.78 is 5.76. The predicted octanol–water partition coefficient (Wildman–Crippen LogP) is 5.78. The summed E-state index contributed by atoms with van der Waals surface area (Å²) >= 11 is 0. The zero-order valence-electron chi connectivity index (χ0n) is 15.8. The Balaban J connectivity index is 1.70. The van der Waals surface area contributed by atoms with Crippen LogP contribution in [0.1, 0.15) is 51.0 Å². The van der Waals surface area contributed by atoms with Gasteiger partial charge in [0, 0.05) is 12.1 Å². The molecule has 0 radical (unpaired) electrons. The van der Waals surface area contributed by atoms with Crippen LogP contribution in [0.25, 0.3) is 0 Å². The van der Waals surface area contributed by atoms with Crippen LogP contribution >= 0.6 is 0 Å². The van der Waals surface area contributed by atoms with Crippen LogP contribution in [0.2, 0.25) is 0 Å². The lowest BCUT2D eigenvalue weighted by molar-refractivity contribution is -0.384. The Morgan fingerprint density at radius 1 is 1.00 bits per heavy atom. The highest BCUT2D eigenvalue weighted by Gasteiger charge is 2.02. The molecule has 0 spiro atoms. The van der Waals surface area contributed by atoms with Crippen LogP contribution in [-0.2, 0) is 0 Å². The summed E-state index contributed by atoms with van der Waals surface area (Å²) in [5, 5.41) is 14.8. The van der Waals surface area contributed by atoms with Crippen LogP contribution in [0.4, 0.5) is 11.4 Å². The van der Waals surface area contributed by atoms with Crippen molar-refractivity contribution in [1.29, 1.82) is 0 Å². The first kappa shape index (κ1) is 20.4. The largest absolute Gasteiger partial charge is 0.494 e. The average Bonchev–Trinajstić information content (AvgIpc) is 2.69. The highest BCUT2D eigenvalue weighted by molar-refractivity contribution is 5.80. The Bertz CT molecular complexity index is 712. The molecule has 0 unspecified atom stereocenters. The molecule has 6 heteroatoms. The Labute approximate surface area is 160 Å². The number of rotatable bonds is 12. The minimum Gasteiger partial charge on any atom is -0.494 e. The summed E-state index contributed by atoms with van der Waals surface area (Å²) in [4.78, 5) is 10.2. The molecule has 0 atom stereocenters. The van der Waals surface area contributed by atoms with Crippen LogP contribution in [0, 0.1) is 10.1 Å². The molecule has 0 bridgehead atoms. The van der Waals surface area contributed by atoms with Crippen LogP contribution in [0.3, 0.4) is 0 Å². The quantitative estimate of drug-likeness (QED) is 0.223. The van der Waals surface area contributed by atoms with E-state index in [2.05, 4.69) is 17.5 Å². The third-order valence-electron chi connectivity index (χ3n) is 4.13. The minimum absolute atomic E-state index is 0.0566. The van der Waals surface area contributed by atoms with E-state index in [1.54, 1.807) is 18.3 Å². The first-order valence-corrected chi connectivity index (χ1v) is 9.45. The van der Waals surface area contributed by atoms with Gasteiger partial charge in [-0.3, -0.25) is 15.5 Å². The molecule has 0 aliphatic heterocycles. The molecule has 0 amide bonds. The molecule has 0 heterocycles. The summed E-state index contributed by atoms with van der Waals surface area (Å²) in [5.74, 6) is 0.865. The number of nitro groups is 1. The van der Waals surface area contributed by atoms with E-state index in [9.17, 15) is 10.1 Å². The molecule has 0 aromatic heterocycles. The van der Waals surface area contributed by atoms with Crippen LogP contribution in [0.15, 0.2) is 53.6 Å². The molecule has 0 saturated heterocycles. The molecule has 0 aliphatic rings. The molecule has 2 aromatic rings. The lowest BCUT2D eigenvalue weighted by Crippen LogP contribution is -1.97. The fraction of sp³-hybridized carbons (Fsp3) is 0.381. The fourth-order valence-electron chi connectivity index (χ4n) is 2.56. The highest BCUT2D eigenvalue weighted by Crippen LogP contribution is 2.16. The van der Waals surface area contributed by atoms with E-state index in [0.717, 1.165) is 24.3 Å². The number of hydrogen-bond acceptors (Lipinski definition) is 5. The number of unbranched alkanes of at least 4 members (excludes halogenated alkanes) is 5.